The summed E-state index contributed by atoms with van der Waals surface area (Å²) in [5, 5.41) is 58.8. The van der Waals surface area contributed by atoms with Crippen molar-refractivity contribution >= 4 is 0 Å². The average molecular weight is 370 g/mol. The van der Waals surface area contributed by atoms with Crippen molar-refractivity contribution in [3.05, 3.63) is 0 Å². The molecule has 4 unspecified atom stereocenters. The second-order valence-corrected chi connectivity index (χ2v) is 5.99. The van der Waals surface area contributed by atoms with Gasteiger partial charge in [-0.1, -0.05) is 0 Å². The highest BCUT2D eigenvalue weighted by Gasteiger charge is 2.47. The number of rotatable bonds is 6. The van der Waals surface area contributed by atoms with Crippen molar-refractivity contribution in [3.63, 3.8) is 0 Å². The van der Waals surface area contributed by atoms with Crippen LogP contribution in [0, 0.1) is 0 Å². The van der Waals surface area contributed by atoms with Gasteiger partial charge < -0.3 is 54.3 Å². The van der Waals surface area contributed by atoms with Gasteiger partial charge in [-0.3, -0.25) is 0 Å². The van der Waals surface area contributed by atoms with E-state index < -0.39 is 68.0 Å². The van der Waals surface area contributed by atoms with Crippen molar-refractivity contribution in [1.29, 1.82) is 0 Å². The topological polar surface area (TPSA) is 168 Å². The molecule has 2 heterocycles. The van der Waals surface area contributed by atoms with Gasteiger partial charge in [-0.2, -0.15) is 0 Å². The van der Waals surface area contributed by atoms with Crippen molar-refractivity contribution in [2.45, 2.75) is 61.4 Å². The minimum atomic E-state index is -1.47. The Morgan fingerprint density at radius 2 is 1.32 bits per heavy atom. The summed E-state index contributed by atoms with van der Waals surface area (Å²) in [6, 6.07) is 0. The normalized spacial score (nSPS) is 48.5. The lowest BCUT2D eigenvalue weighted by Crippen LogP contribution is -2.62. The fraction of sp³-hybridized carbons (Fsp3) is 1.00. The Kier molecular flexibility index (Phi) is 7.49. The molecule has 2 aliphatic heterocycles. The van der Waals surface area contributed by atoms with Crippen molar-refractivity contribution in [3.8, 4) is 0 Å². The Hall–Kier alpha value is -0.440. The lowest BCUT2D eigenvalue weighted by molar-refractivity contribution is -0.329. The molecule has 6 N–H and O–H groups in total. The Bertz CT molecular complexity index is 410. The summed E-state index contributed by atoms with van der Waals surface area (Å²) >= 11 is 0. The lowest BCUT2D eigenvalue weighted by atomic mass is 9.98. The van der Waals surface area contributed by atoms with Gasteiger partial charge in [0.1, 0.15) is 48.8 Å². The molecule has 2 saturated heterocycles. The molecule has 0 aromatic heterocycles. The summed E-state index contributed by atoms with van der Waals surface area (Å²) in [5.41, 5.74) is 0. The van der Waals surface area contributed by atoms with Gasteiger partial charge >= 0.3 is 0 Å². The van der Waals surface area contributed by atoms with Crippen molar-refractivity contribution < 1.29 is 54.3 Å². The molecule has 0 saturated carbocycles. The first kappa shape index (κ1) is 20.9. The van der Waals surface area contributed by atoms with Crippen LogP contribution in [0.4, 0.5) is 0 Å². The van der Waals surface area contributed by atoms with E-state index in [9.17, 15) is 30.6 Å². The van der Waals surface area contributed by atoms with E-state index in [1.54, 1.807) is 0 Å². The fourth-order valence-electron chi connectivity index (χ4n) is 2.94. The van der Waals surface area contributed by atoms with Gasteiger partial charge in [0.05, 0.1) is 13.2 Å². The van der Waals surface area contributed by atoms with Crippen LogP contribution in [0.1, 0.15) is 0 Å². The highest BCUT2D eigenvalue weighted by Crippen LogP contribution is 2.26. The van der Waals surface area contributed by atoms with E-state index in [0.29, 0.717) is 0 Å². The zero-order valence-corrected chi connectivity index (χ0v) is 13.9. The molecule has 0 amide bonds. The molecule has 0 spiro atoms. The Labute approximate surface area is 144 Å². The Morgan fingerprint density at radius 3 is 1.88 bits per heavy atom. The summed E-state index contributed by atoms with van der Waals surface area (Å²) in [5.74, 6) is 0. The smallest absolute Gasteiger partial charge is 0.187 e. The summed E-state index contributed by atoms with van der Waals surface area (Å²) in [4.78, 5) is 0. The Morgan fingerprint density at radius 1 is 0.760 bits per heavy atom. The van der Waals surface area contributed by atoms with Gasteiger partial charge in [-0.25, -0.2) is 0 Å². The molecule has 10 atom stereocenters. The number of ether oxygens (including phenoxy) is 5. The van der Waals surface area contributed by atoms with E-state index in [1.165, 1.54) is 14.2 Å². The first-order valence-electron chi connectivity index (χ1n) is 7.85. The van der Waals surface area contributed by atoms with Crippen LogP contribution in [0.15, 0.2) is 0 Å². The number of methoxy groups -OCH3 is 2. The van der Waals surface area contributed by atoms with Crippen molar-refractivity contribution in [2.24, 2.45) is 0 Å². The van der Waals surface area contributed by atoms with Crippen LogP contribution in [0.2, 0.25) is 0 Å². The van der Waals surface area contributed by atoms with Crippen molar-refractivity contribution in [1.82, 2.24) is 0 Å². The highest BCUT2D eigenvalue weighted by atomic mass is 16.7. The first-order valence-corrected chi connectivity index (χ1v) is 7.85. The van der Waals surface area contributed by atoms with Gasteiger partial charge in [0, 0.05) is 14.2 Å². The van der Waals surface area contributed by atoms with Crippen LogP contribution >= 0.6 is 0 Å². The maximum Gasteiger partial charge on any atom is 0.187 e. The molecule has 0 bridgehead atoms. The van der Waals surface area contributed by atoms with Crippen LogP contribution in [-0.4, -0.2) is 119 Å². The molecule has 11 heteroatoms. The quantitative estimate of drug-likeness (QED) is 0.269. The summed E-state index contributed by atoms with van der Waals surface area (Å²) in [6.07, 6.45) is -12.5. The van der Waals surface area contributed by atoms with Crippen LogP contribution in [0.3, 0.4) is 0 Å². The van der Waals surface area contributed by atoms with E-state index >= 15 is 0 Å². The number of aliphatic hydroxyl groups is 6. The predicted molar refractivity (Wildman–Crippen MR) is 78.2 cm³/mol. The first-order chi connectivity index (χ1) is 11.8. The predicted octanol–water partition coefficient (Wildman–Crippen LogP) is -4.09. The molecular formula is C14H26O11. The molecule has 0 aromatic carbocycles. The van der Waals surface area contributed by atoms with Crippen LogP contribution in [0.5, 0.6) is 0 Å². The zero-order chi connectivity index (χ0) is 18.7. The third-order valence-corrected chi connectivity index (χ3v) is 4.46. The Balaban J connectivity index is 1.99. The molecule has 2 rings (SSSR count). The van der Waals surface area contributed by atoms with E-state index in [-0.39, 0.29) is 6.61 Å². The van der Waals surface area contributed by atoms with Gasteiger partial charge in [0.25, 0.3) is 0 Å². The summed E-state index contributed by atoms with van der Waals surface area (Å²) in [6.45, 7) is -0.874. The molecule has 2 aliphatic rings. The van der Waals surface area contributed by atoms with Gasteiger partial charge in [0.2, 0.25) is 0 Å². The number of hydrogen-bond donors (Lipinski definition) is 6. The fourth-order valence-corrected chi connectivity index (χ4v) is 2.94. The minimum absolute atomic E-state index is 0.322. The molecule has 148 valence electrons. The lowest BCUT2D eigenvalue weighted by Gasteiger charge is -2.43. The number of aliphatic hydroxyl groups excluding tert-OH is 6. The van der Waals surface area contributed by atoms with E-state index in [0.717, 1.165) is 0 Å². The standard InChI is InChI=1S/C14H26O11/c1-21-11-9(18)8(17)6(24-13(11)20)4-23-14-12(22-2)10(19)7(16)5(3-15)25-14/h5-20H,3-4H2,1-2H3/t5?,6?,7-,8-,9?,10?,11+,12+,13+,14+/m1/s1. The molecule has 11 nitrogen and oxygen atoms in total. The van der Waals surface area contributed by atoms with E-state index in [1.807, 2.05) is 0 Å². The van der Waals surface area contributed by atoms with Crippen molar-refractivity contribution in [2.75, 3.05) is 27.4 Å². The summed E-state index contributed by atoms with van der Waals surface area (Å²) < 4.78 is 25.9. The minimum Gasteiger partial charge on any atom is -0.394 e. The maximum atomic E-state index is 10.1. The van der Waals surface area contributed by atoms with Crippen LogP contribution < -0.4 is 0 Å². The van der Waals surface area contributed by atoms with Crippen LogP contribution in [-0.2, 0) is 23.7 Å². The molecule has 0 aromatic rings. The van der Waals surface area contributed by atoms with Gasteiger partial charge in [-0.05, 0) is 0 Å². The molecule has 0 radical (unpaired) electrons. The van der Waals surface area contributed by atoms with Crippen LogP contribution in [0.25, 0.3) is 0 Å². The molecule has 25 heavy (non-hydrogen) atoms. The zero-order valence-electron chi connectivity index (χ0n) is 13.9. The number of hydrogen-bond acceptors (Lipinski definition) is 11. The van der Waals surface area contributed by atoms with E-state index in [2.05, 4.69) is 0 Å². The maximum absolute atomic E-state index is 10.1. The molecule has 0 aliphatic carbocycles. The third-order valence-electron chi connectivity index (χ3n) is 4.46. The summed E-state index contributed by atoms with van der Waals surface area (Å²) in [7, 11) is 2.53. The monoisotopic (exact) mass is 370 g/mol. The van der Waals surface area contributed by atoms with E-state index in [4.69, 9.17) is 23.7 Å². The molecule has 2 fully saturated rings. The van der Waals surface area contributed by atoms with Gasteiger partial charge in [-0.15, -0.1) is 0 Å². The second kappa shape index (κ2) is 8.97. The highest BCUT2D eigenvalue weighted by molar-refractivity contribution is 4.92. The largest absolute Gasteiger partial charge is 0.394 e. The molecular weight excluding hydrogens is 344 g/mol. The third kappa shape index (κ3) is 4.28. The average Bonchev–Trinajstić information content (AvgIpc) is 2.60. The second-order valence-electron chi connectivity index (χ2n) is 5.99. The van der Waals surface area contributed by atoms with Gasteiger partial charge in [0.15, 0.2) is 12.6 Å². The SMILES string of the molecule is CO[C@H]1C(O)[C@H](O)C(CO)O[C@@H]1OCC1O[C@H](O)[C@@H](OC)C(O)[C@@H]1O.